The van der Waals surface area contributed by atoms with Gasteiger partial charge < -0.3 is 10.6 Å². The molecule has 2 saturated carbocycles. The lowest BCUT2D eigenvalue weighted by molar-refractivity contribution is -0.123. The van der Waals surface area contributed by atoms with Gasteiger partial charge in [0, 0.05) is 12.1 Å². The molecule has 0 heterocycles. The summed E-state index contributed by atoms with van der Waals surface area (Å²) in [7, 11) is 0. The normalized spacial score (nSPS) is 24.6. The van der Waals surface area contributed by atoms with Gasteiger partial charge in [-0.15, -0.1) is 0 Å². The molecule has 3 heteroatoms. The summed E-state index contributed by atoms with van der Waals surface area (Å²) in [6.07, 6.45) is 15.4. The lowest BCUT2D eigenvalue weighted by Crippen LogP contribution is -2.49. The first-order valence-corrected chi connectivity index (χ1v) is 8.82. The summed E-state index contributed by atoms with van der Waals surface area (Å²) in [6, 6.07) is 0.932. The molecule has 0 aliphatic heterocycles. The van der Waals surface area contributed by atoms with E-state index in [1.165, 1.54) is 77.0 Å². The summed E-state index contributed by atoms with van der Waals surface area (Å²) in [6.45, 7) is 2.02. The predicted octanol–water partition coefficient (Wildman–Crippen LogP) is 3.53. The van der Waals surface area contributed by atoms with Crippen molar-refractivity contribution in [3.63, 3.8) is 0 Å². The molecule has 0 saturated heterocycles. The minimum Gasteiger partial charge on any atom is -0.352 e. The van der Waals surface area contributed by atoms with Gasteiger partial charge in [0.1, 0.15) is 0 Å². The van der Waals surface area contributed by atoms with Crippen LogP contribution < -0.4 is 10.6 Å². The highest BCUT2D eigenvalue weighted by molar-refractivity contribution is 5.81. The second-order valence-electron chi connectivity index (χ2n) is 6.77. The van der Waals surface area contributed by atoms with E-state index in [0.29, 0.717) is 12.1 Å². The molecule has 1 atom stereocenters. The van der Waals surface area contributed by atoms with Crippen LogP contribution >= 0.6 is 0 Å². The second-order valence-corrected chi connectivity index (χ2v) is 6.77. The zero-order chi connectivity index (χ0) is 14.2. The van der Waals surface area contributed by atoms with E-state index in [1.807, 2.05) is 6.92 Å². The van der Waals surface area contributed by atoms with Crippen molar-refractivity contribution >= 4 is 5.91 Å². The molecule has 0 aromatic heterocycles. The molecule has 3 nitrogen and oxygen atoms in total. The first-order chi connectivity index (χ1) is 9.75. The van der Waals surface area contributed by atoms with Gasteiger partial charge in [0.2, 0.25) is 5.91 Å². The number of carbonyl (C=O) groups excluding carboxylic acids is 1. The average molecular weight is 280 g/mol. The van der Waals surface area contributed by atoms with Crippen molar-refractivity contribution in [2.75, 3.05) is 0 Å². The fraction of sp³-hybridized carbons (Fsp3) is 0.941. The molecule has 2 fully saturated rings. The van der Waals surface area contributed by atoms with Gasteiger partial charge in [-0.05, 0) is 32.6 Å². The van der Waals surface area contributed by atoms with Crippen LogP contribution in [0.25, 0.3) is 0 Å². The van der Waals surface area contributed by atoms with Crippen molar-refractivity contribution in [3.8, 4) is 0 Å². The van der Waals surface area contributed by atoms with Crippen molar-refractivity contribution in [2.24, 2.45) is 0 Å². The molecular formula is C17H32N2O. The summed E-state index contributed by atoms with van der Waals surface area (Å²) < 4.78 is 0. The lowest BCUT2D eigenvalue weighted by atomic mass is 9.95. The van der Waals surface area contributed by atoms with Crippen LogP contribution in [0.5, 0.6) is 0 Å². The fourth-order valence-electron chi connectivity index (χ4n) is 3.63. The maximum Gasteiger partial charge on any atom is 0.237 e. The monoisotopic (exact) mass is 280 g/mol. The Morgan fingerprint density at radius 2 is 1.25 bits per heavy atom. The Kier molecular flexibility index (Phi) is 6.85. The van der Waals surface area contributed by atoms with Crippen LogP contribution in [-0.4, -0.2) is 24.0 Å². The van der Waals surface area contributed by atoms with E-state index in [2.05, 4.69) is 10.6 Å². The van der Waals surface area contributed by atoms with Gasteiger partial charge >= 0.3 is 0 Å². The van der Waals surface area contributed by atoms with Crippen LogP contribution in [-0.2, 0) is 4.79 Å². The highest BCUT2D eigenvalue weighted by atomic mass is 16.2. The van der Waals surface area contributed by atoms with E-state index in [4.69, 9.17) is 0 Å². The second kappa shape index (κ2) is 8.66. The number of nitrogens with one attached hydrogen (secondary N) is 2. The lowest BCUT2D eigenvalue weighted by Gasteiger charge is -2.27. The van der Waals surface area contributed by atoms with Crippen LogP contribution in [0.4, 0.5) is 0 Å². The molecule has 2 aliphatic carbocycles. The Morgan fingerprint density at radius 1 is 0.800 bits per heavy atom. The molecule has 0 radical (unpaired) electrons. The first kappa shape index (κ1) is 15.8. The third-order valence-corrected chi connectivity index (χ3v) is 4.94. The number of hydrogen-bond donors (Lipinski definition) is 2. The van der Waals surface area contributed by atoms with E-state index < -0.39 is 0 Å². The van der Waals surface area contributed by atoms with Gasteiger partial charge in [0.05, 0.1) is 6.04 Å². The van der Waals surface area contributed by atoms with Crippen LogP contribution in [0.15, 0.2) is 0 Å². The SMILES string of the molecule is CC(NC1CCCCCCC1)C(=O)NC1CCCCC1. The minimum atomic E-state index is -0.0404. The highest BCUT2D eigenvalue weighted by Gasteiger charge is 2.21. The standard InChI is InChI=1S/C17H32N2O/c1-14(17(20)19-16-12-8-5-9-13-16)18-15-10-6-3-2-4-7-11-15/h14-16,18H,2-13H2,1H3,(H,19,20). The number of rotatable bonds is 4. The fourth-order valence-corrected chi connectivity index (χ4v) is 3.63. The zero-order valence-electron chi connectivity index (χ0n) is 13.1. The molecule has 1 unspecified atom stereocenters. The molecule has 20 heavy (non-hydrogen) atoms. The molecule has 1 amide bonds. The Balaban J connectivity index is 1.71. The van der Waals surface area contributed by atoms with E-state index in [1.54, 1.807) is 0 Å². The molecular weight excluding hydrogens is 248 g/mol. The van der Waals surface area contributed by atoms with Crippen molar-refractivity contribution in [1.82, 2.24) is 10.6 Å². The Hall–Kier alpha value is -0.570. The zero-order valence-corrected chi connectivity index (χ0v) is 13.1. The van der Waals surface area contributed by atoms with E-state index >= 15 is 0 Å². The Bertz CT molecular complexity index is 279. The minimum absolute atomic E-state index is 0.0404. The van der Waals surface area contributed by atoms with Gasteiger partial charge in [-0.1, -0.05) is 51.4 Å². The van der Waals surface area contributed by atoms with Crippen LogP contribution in [0.3, 0.4) is 0 Å². The largest absolute Gasteiger partial charge is 0.352 e. The topological polar surface area (TPSA) is 41.1 Å². The molecule has 2 N–H and O–H groups in total. The van der Waals surface area contributed by atoms with Crippen molar-refractivity contribution < 1.29 is 4.79 Å². The predicted molar refractivity (Wildman–Crippen MR) is 83.7 cm³/mol. The molecule has 0 bridgehead atoms. The summed E-state index contributed by atoms with van der Waals surface area (Å²) in [5.41, 5.74) is 0. The summed E-state index contributed by atoms with van der Waals surface area (Å²) >= 11 is 0. The molecule has 2 aliphatic rings. The molecule has 0 aromatic carbocycles. The number of amides is 1. The summed E-state index contributed by atoms with van der Waals surface area (Å²) in [4.78, 5) is 12.3. The smallest absolute Gasteiger partial charge is 0.237 e. The highest BCUT2D eigenvalue weighted by Crippen LogP contribution is 2.19. The Morgan fingerprint density at radius 3 is 1.85 bits per heavy atom. The van der Waals surface area contributed by atoms with Crippen LogP contribution in [0, 0.1) is 0 Å². The Labute approximate surface area is 124 Å². The third kappa shape index (κ3) is 5.43. The van der Waals surface area contributed by atoms with Gasteiger partial charge in [-0.25, -0.2) is 0 Å². The van der Waals surface area contributed by atoms with Crippen molar-refractivity contribution in [2.45, 2.75) is 102 Å². The number of hydrogen-bond acceptors (Lipinski definition) is 2. The van der Waals surface area contributed by atoms with Gasteiger partial charge in [0.15, 0.2) is 0 Å². The quantitative estimate of drug-likeness (QED) is 0.827. The third-order valence-electron chi connectivity index (χ3n) is 4.94. The molecule has 116 valence electrons. The van der Waals surface area contributed by atoms with Gasteiger partial charge in [0.25, 0.3) is 0 Å². The van der Waals surface area contributed by atoms with E-state index in [-0.39, 0.29) is 11.9 Å². The molecule has 0 aromatic rings. The summed E-state index contributed by atoms with van der Waals surface area (Å²) in [5, 5.41) is 6.80. The number of carbonyl (C=O) groups is 1. The first-order valence-electron chi connectivity index (χ1n) is 8.82. The van der Waals surface area contributed by atoms with E-state index in [0.717, 1.165) is 0 Å². The maximum absolute atomic E-state index is 12.3. The maximum atomic E-state index is 12.3. The van der Waals surface area contributed by atoms with Gasteiger partial charge in [-0.3, -0.25) is 4.79 Å². The van der Waals surface area contributed by atoms with E-state index in [9.17, 15) is 4.79 Å². The van der Waals surface area contributed by atoms with Crippen molar-refractivity contribution in [3.05, 3.63) is 0 Å². The summed E-state index contributed by atoms with van der Waals surface area (Å²) in [5.74, 6) is 0.207. The van der Waals surface area contributed by atoms with Crippen molar-refractivity contribution in [1.29, 1.82) is 0 Å². The molecule has 2 rings (SSSR count). The molecule has 0 spiro atoms. The van der Waals surface area contributed by atoms with Gasteiger partial charge in [-0.2, -0.15) is 0 Å². The van der Waals surface area contributed by atoms with Crippen LogP contribution in [0.2, 0.25) is 0 Å². The van der Waals surface area contributed by atoms with Crippen LogP contribution in [0.1, 0.15) is 84.0 Å². The average Bonchev–Trinajstić information content (AvgIpc) is 2.42.